The first kappa shape index (κ1) is 14.2. The molecule has 0 aromatic heterocycles. The Morgan fingerprint density at radius 1 is 1.53 bits per heavy atom. The van der Waals surface area contributed by atoms with Crippen LogP contribution in [0.5, 0.6) is 0 Å². The molecule has 0 saturated heterocycles. The number of nitrogens with zero attached hydrogens (tertiary/aromatic N) is 1. The van der Waals surface area contributed by atoms with E-state index in [1.54, 1.807) is 6.08 Å². The highest BCUT2D eigenvalue weighted by atomic mass is 16.2. The average Bonchev–Trinajstić information content (AvgIpc) is 3.04. The summed E-state index contributed by atoms with van der Waals surface area (Å²) in [6.07, 6.45) is 4.92. The van der Waals surface area contributed by atoms with Crippen molar-refractivity contribution in [3.05, 3.63) is 12.7 Å². The summed E-state index contributed by atoms with van der Waals surface area (Å²) in [7, 11) is 0. The Bertz CT molecular complexity index is 276. The van der Waals surface area contributed by atoms with Crippen molar-refractivity contribution in [2.45, 2.75) is 46.1 Å². The molecule has 0 aromatic carbocycles. The molecule has 3 heteroatoms. The molecule has 1 rings (SSSR count). The van der Waals surface area contributed by atoms with E-state index >= 15 is 0 Å². The first-order valence-electron chi connectivity index (χ1n) is 6.50. The van der Waals surface area contributed by atoms with E-state index in [9.17, 15) is 4.79 Å². The lowest BCUT2D eigenvalue weighted by atomic mass is 9.84. The van der Waals surface area contributed by atoms with Gasteiger partial charge >= 0.3 is 0 Å². The second-order valence-corrected chi connectivity index (χ2v) is 6.21. The first-order chi connectivity index (χ1) is 7.89. The van der Waals surface area contributed by atoms with Crippen molar-refractivity contribution in [2.24, 2.45) is 17.1 Å². The van der Waals surface area contributed by atoms with Crippen LogP contribution in [0, 0.1) is 11.3 Å². The molecule has 0 spiro atoms. The number of hydrogen-bond acceptors (Lipinski definition) is 2. The Labute approximate surface area is 105 Å². The third-order valence-corrected chi connectivity index (χ3v) is 3.09. The highest BCUT2D eigenvalue weighted by molar-refractivity contribution is 5.80. The lowest BCUT2D eigenvalue weighted by Gasteiger charge is -2.29. The third kappa shape index (κ3) is 4.50. The monoisotopic (exact) mass is 238 g/mol. The molecule has 0 bridgehead atoms. The van der Waals surface area contributed by atoms with Gasteiger partial charge in [-0.1, -0.05) is 26.8 Å². The molecule has 1 unspecified atom stereocenters. The van der Waals surface area contributed by atoms with E-state index in [-0.39, 0.29) is 17.2 Å². The first-order valence-corrected chi connectivity index (χ1v) is 6.50. The molecule has 0 heterocycles. The van der Waals surface area contributed by atoms with Gasteiger partial charge in [-0.15, -0.1) is 6.58 Å². The van der Waals surface area contributed by atoms with Gasteiger partial charge in [0.25, 0.3) is 0 Å². The Morgan fingerprint density at radius 2 is 2.12 bits per heavy atom. The molecule has 1 amide bonds. The van der Waals surface area contributed by atoms with Crippen LogP contribution in [0.3, 0.4) is 0 Å². The van der Waals surface area contributed by atoms with E-state index in [1.165, 1.54) is 0 Å². The third-order valence-electron chi connectivity index (χ3n) is 3.09. The topological polar surface area (TPSA) is 46.3 Å². The van der Waals surface area contributed by atoms with Crippen molar-refractivity contribution in [1.29, 1.82) is 0 Å². The fourth-order valence-electron chi connectivity index (χ4n) is 2.19. The molecule has 2 N–H and O–H groups in total. The van der Waals surface area contributed by atoms with Crippen molar-refractivity contribution in [2.75, 3.05) is 13.1 Å². The van der Waals surface area contributed by atoms with Crippen LogP contribution in [0.15, 0.2) is 12.7 Å². The zero-order valence-electron chi connectivity index (χ0n) is 11.4. The summed E-state index contributed by atoms with van der Waals surface area (Å²) < 4.78 is 0. The largest absolute Gasteiger partial charge is 0.336 e. The van der Waals surface area contributed by atoms with Crippen molar-refractivity contribution < 1.29 is 4.79 Å². The zero-order chi connectivity index (χ0) is 13.1. The molecule has 0 aliphatic heterocycles. The van der Waals surface area contributed by atoms with E-state index in [1.807, 2.05) is 4.90 Å². The lowest BCUT2D eigenvalue weighted by Crippen LogP contribution is -2.42. The van der Waals surface area contributed by atoms with Gasteiger partial charge in [0.05, 0.1) is 5.92 Å². The molecule has 17 heavy (non-hydrogen) atoms. The molecule has 0 aromatic rings. The maximum absolute atomic E-state index is 12.4. The maximum Gasteiger partial charge on any atom is 0.227 e. The van der Waals surface area contributed by atoms with E-state index < -0.39 is 0 Å². The fraction of sp³-hybridized carbons (Fsp3) is 0.786. The minimum atomic E-state index is -0.0458. The Kier molecular flexibility index (Phi) is 4.75. The summed E-state index contributed by atoms with van der Waals surface area (Å²) >= 11 is 0. The summed E-state index contributed by atoms with van der Waals surface area (Å²) in [5.41, 5.74) is 5.90. The minimum absolute atomic E-state index is 0.0458. The number of amides is 1. The van der Waals surface area contributed by atoms with Gasteiger partial charge in [0.2, 0.25) is 5.91 Å². The molecular weight excluding hydrogens is 212 g/mol. The molecule has 1 atom stereocenters. The van der Waals surface area contributed by atoms with Crippen LogP contribution in [-0.2, 0) is 4.79 Å². The Balaban J connectivity index is 2.65. The molecule has 3 nitrogen and oxygen atoms in total. The van der Waals surface area contributed by atoms with Crippen molar-refractivity contribution in [3.63, 3.8) is 0 Å². The zero-order valence-corrected chi connectivity index (χ0v) is 11.4. The Hall–Kier alpha value is -0.830. The van der Waals surface area contributed by atoms with Crippen LogP contribution in [0.1, 0.15) is 40.0 Å². The summed E-state index contributed by atoms with van der Waals surface area (Å²) in [6, 6.07) is 0.439. The molecular formula is C14H26N2O. The summed E-state index contributed by atoms with van der Waals surface area (Å²) in [4.78, 5) is 14.4. The normalized spacial score (nSPS) is 17.6. The van der Waals surface area contributed by atoms with Crippen molar-refractivity contribution in [3.8, 4) is 0 Å². The van der Waals surface area contributed by atoms with E-state index in [4.69, 9.17) is 5.73 Å². The maximum atomic E-state index is 12.4. The Morgan fingerprint density at radius 3 is 2.47 bits per heavy atom. The van der Waals surface area contributed by atoms with Gasteiger partial charge in [-0.25, -0.2) is 0 Å². The van der Waals surface area contributed by atoms with Crippen LogP contribution in [0.4, 0.5) is 0 Å². The predicted molar refractivity (Wildman–Crippen MR) is 71.5 cm³/mol. The highest BCUT2D eigenvalue weighted by Gasteiger charge is 2.35. The molecule has 1 fully saturated rings. The molecule has 1 aliphatic carbocycles. The second-order valence-electron chi connectivity index (χ2n) is 6.21. The van der Waals surface area contributed by atoms with E-state index in [0.717, 1.165) is 19.3 Å². The van der Waals surface area contributed by atoms with Gasteiger partial charge in [-0.2, -0.15) is 0 Å². The van der Waals surface area contributed by atoms with Gasteiger partial charge in [-0.3, -0.25) is 4.79 Å². The number of nitrogens with two attached hydrogens (primary N) is 1. The van der Waals surface area contributed by atoms with E-state index in [0.29, 0.717) is 19.1 Å². The van der Waals surface area contributed by atoms with Crippen LogP contribution in [-0.4, -0.2) is 29.9 Å². The van der Waals surface area contributed by atoms with Crippen molar-refractivity contribution >= 4 is 5.91 Å². The molecule has 0 radical (unpaired) electrons. The standard InChI is InChI=1S/C14H26N2O/c1-5-8-16(12-6-7-12)13(17)11(10-15)9-14(2,3)4/h5,11-12H,1,6-10,15H2,2-4H3. The predicted octanol–water partition coefficient (Wildman–Crippen LogP) is 2.17. The molecule has 1 saturated carbocycles. The molecule has 98 valence electrons. The van der Waals surface area contributed by atoms with Crippen molar-refractivity contribution in [1.82, 2.24) is 4.90 Å². The van der Waals surface area contributed by atoms with Crippen LogP contribution < -0.4 is 5.73 Å². The SMILES string of the molecule is C=CCN(C(=O)C(CN)CC(C)(C)C)C1CC1. The minimum Gasteiger partial charge on any atom is -0.336 e. The van der Waals surface area contributed by atoms with Gasteiger partial charge in [0, 0.05) is 19.1 Å². The number of carbonyl (C=O) groups excluding carboxylic acids is 1. The van der Waals surface area contributed by atoms with Gasteiger partial charge in [-0.05, 0) is 24.7 Å². The van der Waals surface area contributed by atoms with Crippen LogP contribution in [0.2, 0.25) is 0 Å². The average molecular weight is 238 g/mol. The summed E-state index contributed by atoms with van der Waals surface area (Å²) in [6.45, 7) is 11.3. The van der Waals surface area contributed by atoms with E-state index in [2.05, 4.69) is 27.4 Å². The van der Waals surface area contributed by atoms with Gasteiger partial charge < -0.3 is 10.6 Å². The molecule has 1 aliphatic rings. The smallest absolute Gasteiger partial charge is 0.227 e. The van der Waals surface area contributed by atoms with Gasteiger partial charge in [0.15, 0.2) is 0 Å². The number of hydrogen-bond donors (Lipinski definition) is 1. The summed E-state index contributed by atoms with van der Waals surface area (Å²) in [5, 5.41) is 0. The summed E-state index contributed by atoms with van der Waals surface area (Å²) in [5.74, 6) is 0.167. The van der Waals surface area contributed by atoms with Crippen LogP contribution in [0.25, 0.3) is 0 Å². The number of rotatable bonds is 6. The quantitative estimate of drug-likeness (QED) is 0.721. The highest BCUT2D eigenvalue weighted by Crippen LogP contribution is 2.31. The second kappa shape index (κ2) is 5.67. The fourth-order valence-corrected chi connectivity index (χ4v) is 2.19. The number of carbonyl (C=O) groups is 1. The van der Waals surface area contributed by atoms with Crippen LogP contribution >= 0.6 is 0 Å². The lowest BCUT2D eigenvalue weighted by molar-refractivity contribution is -0.136. The van der Waals surface area contributed by atoms with Gasteiger partial charge in [0.1, 0.15) is 0 Å².